The number of aryl methyl sites for hydroxylation is 1. The Morgan fingerprint density at radius 3 is 2.19 bits per heavy atom. The van der Waals surface area contributed by atoms with E-state index in [4.69, 9.17) is 4.74 Å². The van der Waals surface area contributed by atoms with Gasteiger partial charge in [-0.25, -0.2) is 12.8 Å². The number of methoxy groups -OCH3 is 1. The number of hydrogen-bond acceptors (Lipinski definition) is 5. The fourth-order valence-corrected chi connectivity index (χ4v) is 8.86. The van der Waals surface area contributed by atoms with Gasteiger partial charge in [-0.3, -0.25) is 4.79 Å². The number of carbonyl (C=O) groups is 1. The molecule has 1 saturated heterocycles. The molecule has 1 fully saturated rings. The predicted octanol–water partition coefficient (Wildman–Crippen LogP) is 5.44. The highest BCUT2D eigenvalue weighted by molar-refractivity contribution is 14.1. The van der Waals surface area contributed by atoms with Crippen LogP contribution in [0.15, 0.2) is 47.4 Å². The van der Waals surface area contributed by atoms with E-state index in [1.165, 1.54) is 43.2 Å². The second kappa shape index (κ2) is 10.9. The van der Waals surface area contributed by atoms with Crippen LogP contribution in [0.1, 0.15) is 36.5 Å². The van der Waals surface area contributed by atoms with Gasteiger partial charge in [0.25, 0.3) is 0 Å². The monoisotopic (exact) mass is 737 g/mol. The quantitative estimate of drug-likeness (QED) is 0.303. The maximum Gasteiger partial charge on any atom is 0.435 e. The molecule has 1 heterocycles. The normalized spacial score (nSPS) is 22.8. The fourth-order valence-electron chi connectivity index (χ4n) is 6.14. The molecule has 1 aliphatic heterocycles. The second-order valence-corrected chi connectivity index (χ2v) is 14.3. The lowest BCUT2D eigenvalue weighted by Crippen LogP contribution is -2.56. The number of benzene rings is 2. The third-order valence-corrected chi connectivity index (χ3v) is 11.5. The van der Waals surface area contributed by atoms with Crippen LogP contribution in [0.5, 0.6) is 0 Å². The van der Waals surface area contributed by atoms with E-state index >= 15 is 0 Å². The van der Waals surface area contributed by atoms with Crippen molar-refractivity contribution in [2.45, 2.75) is 59.9 Å². The largest absolute Gasteiger partial charge is 0.435 e. The molecule has 0 saturated carbocycles. The summed E-state index contributed by atoms with van der Waals surface area (Å²) in [6.07, 6.45) is -13.3. The average Bonchev–Trinajstić information content (AvgIpc) is 3.32. The van der Waals surface area contributed by atoms with Gasteiger partial charge in [0.1, 0.15) is 4.75 Å². The first-order chi connectivity index (χ1) is 19.3. The standard InChI is InChI=1S/C27H27F7INO5S/c1-23(14-37,15-41-2)22(38)36-12-11-24(42(39,40)19-7-5-18(35)6-8-19)20-9-4-17(13-16(20)3-10-21(24)36)25(28,26(29,30)31)27(32,33)34/h4-9,13,21,37H,3,10-12,14-15H2,1-2H3/t21-,23?,24-/m1/s1. The smallest absolute Gasteiger partial charge is 0.395 e. The average molecular weight is 737 g/mol. The van der Waals surface area contributed by atoms with Gasteiger partial charge in [-0.2, -0.15) is 26.3 Å². The second-order valence-electron chi connectivity index (χ2n) is 10.8. The topological polar surface area (TPSA) is 83.9 Å². The first kappa shape index (κ1) is 32.9. The first-order valence-electron chi connectivity index (χ1n) is 12.7. The first-order valence-corrected chi connectivity index (χ1v) is 15.3. The fraction of sp³-hybridized carbons (Fsp3) is 0.519. The van der Waals surface area contributed by atoms with Gasteiger partial charge in [-0.15, -0.1) is 0 Å². The number of alkyl halides is 7. The molecule has 232 valence electrons. The van der Waals surface area contributed by atoms with Crippen LogP contribution in [0.25, 0.3) is 0 Å². The summed E-state index contributed by atoms with van der Waals surface area (Å²) >= 11 is 1.96. The van der Waals surface area contributed by atoms with Gasteiger partial charge >= 0.3 is 18.0 Å². The number of likely N-dealkylation sites (tertiary alicyclic amines) is 1. The molecule has 1 aliphatic carbocycles. The third-order valence-electron chi connectivity index (χ3n) is 8.26. The van der Waals surface area contributed by atoms with E-state index in [9.17, 15) is 49.1 Å². The molecule has 3 atom stereocenters. The Labute approximate surface area is 251 Å². The molecule has 42 heavy (non-hydrogen) atoms. The van der Waals surface area contributed by atoms with Crippen LogP contribution < -0.4 is 0 Å². The maximum absolute atomic E-state index is 15.0. The van der Waals surface area contributed by atoms with Gasteiger partial charge in [0.2, 0.25) is 5.91 Å². The zero-order valence-electron chi connectivity index (χ0n) is 22.3. The number of nitrogens with zero attached hydrogens (tertiary/aromatic N) is 1. The van der Waals surface area contributed by atoms with E-state index in [-0.39, 0.29) is 48.4 Å². The number of ether oxygens (including phenoxy) is 1. The molecule has 0 bridgehead atoms. The summed E-state index contributed by atoms with van der Waals surface area (Å²) in [6.45, 7) is 0.472. The van der Waals surface area contributed by atoms with Crippen molar-refractivity contribution in [1.29, 1.82) is 0 Å². The van der Waals surface area contributed by atoms with E-state index in [1.807, 2.05) is 22.6 Å². The van der Waals surface area contributed by atoms with Gasteiger partial charge in [0, 0.05) is 22.8 Å². The lowest BCUT2D eigenvalue weighted by molar-refractivity contribution is -0.348. The van der Waals surface area contributed by atoms with Crippen molar-refractivity contribution in [2.75, 3.05) is 26.9 Å². The predicted molar refractivity (Wildman–Crippen MR) is 145 cm³/mol. The van der Waals surface area contributed by atoms with Crippen LogP contribution in [-0.2, 0) is 36.2 Å². The minimum atomic E-state index is -6.34. The van der Waals surface area contributed by atoms with Gasteiger partial charge in [-0.1, -0.05) is 18.2 Å². The highest BCUT2D eigenvalue weighted by atomic mass is 127. The number of carbonyl (C=O) groups excluding carboxylic acids is 1. The summed E-state index contributed by atoms with van der Waals surface area (Å²) in [6, 6.07) is 6.19. The molecular formula is C27H27F7INO5S. The zero-order valence-corrected chi connectivity index (χ0v) is 25.3. The molecule has 0 aromatic heterocycles. The molecule has 1 amide bonds. The van der Waals surface area contributed by atoms with Crippen molar-refractivity contribution in [3.8, 4) is 0 Å². The van der Waals surface area contributed by atoms with Crippen LogP contribution in [0, 0.1) is 8.99 Å². The molecule has 1 unspecified atom stereocenters. The minimum Gasteiger partial charge on any atom is -0.395 e. The van der Waals surface area contributed by atoms with E-state index < -0.39 is 62.1 Å². The summed E-state index contributed by atoms with van der Waals surface area (Å²) < 4.78 is 129. The number of sulfone groups is 1. The number of aliphatic hydroxyl groups excluding tert-OH is 1. The maximum atomic E-state index is 15.0. The Balaban J connectivity index is 1.95. The van der Waals surface area contributed by atoms with Crippen molar-refractivity contribution < 1.29 is 53.8 Å². The van der Waals surface area contributed by atoms with Crippen molar-refractivity contribution >= 4 is 38.3 Å². The highest BCUT2D eigenvalue weighted by Gasteiger charge is 2.74. The van der Waals surface area contributed by atoms with Crippen molar-refractivity contribution in [1.82, 2.24) is 4.90 Å². The Hall–Kier alpha value is -1.98. The van der Waals surface area contributed by atoms with Crippen LogP contribution in [0.3, 0.4) is 0 Å². The molecule has 2 aromatic carbocycles. The molecule has 15 heteroatoms. The third kappa shape index (κ3) is 4.82. The Bertz CT molecular complexity index is 1450. The van der Waals surface area contributed by atoms with Crippen LogP contribution in [0.2, 0.25) is 0 Å². The van der Waals surface area contributed by atoms with Gasteiger partial charge in [0.05, 0.1) is 29.6 Å². The van der Waals surface area contributed by atoms with Gasteiger partial charge < -0.3 is 14.7 Å². The van der Waals surface area contributed by atoms with Gasteiger partial charge in [-0.05, 0) is 84.2 Å². The number of amides is 1. The molecule has 4 rings (SSSR count). The van der Waals surface area contributed by atoms with Crippen molar-refractivity contribution in [2.24, 2.45) is 5.41 Å². The summed E-state index contributed by atoms with van der Waals surface area (Å²) in [5.41, 5.74) is -9.13. The minimum absolute atomic E-state index is 0.0968. The molecule has 6 nitrogen and oxygen atoms in total. The zero-order chi connectivity index (χ0) is 31.5. The van der Waals surface area contributed by atoms with E-state index in [0.29, 0.717) is 15.7 Å². The lowest BCUT2D eigenvalue weighted by Gasteiger charge is -2.44. The molecular weight excluding hydrogens is 710 g/mol. The molecule has 1 N–H and O–H groups in total. The van der Waals surface area contributed by atoms with Crippen molar-refractivity contribution in [3.05, 3.63) is 62.7 Å². The summed E-state index contributed by atoms with van der Waals surface area (Å²) in [7, 11) is -3.14. The lowest BCUT2D eigenvalue weighted by atomic mass is 9.76. The van der Waals surface area contributed by atoms with Crippen molar-refractivity contribution in [3.63, 3.8) is 0 Å². The van der Waals surface area contributed by atoms with E-state index in [0.717, 1.165) is 6.07 Å². The number of rotatable bonds is 7. The van der Waals surface area contributed by atoms with E-state index in [2.05, 4.69) is 0 Å². The Morgan fingerprint density at radius 2 is 1.67 bits per heavy atom. The Morgan fingerprint density at radius 1 is 1.07 bits per heavy atom. The molecule has 0 spiro atoms. The van der Waals surface area contributed by atoms with Crippen LogP contribution in [-0.4, -0.2) is 69.6 Å². The number of fused-ring (bicyclic) bond motifs is 3. The molecule has 2 aromatic rings. The highest BCUT2D eigenvalue weighted by Crippen LogP contribution is 2.57. The van der Waals surface area contributed by atoms with Gasteiger partial charge in [0.15, 0.2) is 9.84 Å². The number of hydrogen-bond donors (Lipinski definition) is 1. The Kier molecular flexibility index (Phi) is 8.52. The number of aliphatic hydroxyl groups is 1. The molecule has 2 aliphatic rings. The molecule has 0 radical (unpaired) electrons. The SMILES string of the molecule is COCC(C)(CO)C(=O)N1CC[C@@]2(S(=O)(=O)c3ccc(I)cc3)c3ccc(C(F)(C(F)(F)F)C(F)(F)F)cc3CC[C@@H]12. The van der Waals surface area contributed by atoms with E-state index in [1.54, 1.807) is 0 Å². The van der Waals surface area contributed by atoms with Crippen LogP contribution in [0.4, 0.5) is 30.7 Å². The number of halogens is 8. The summed E-state index contributed by atoms with van der Waals surface area (Å²) in [4.78, 5) is 14.8. The summed E-state index contributed by atoms with van der Waals surface area (Å²) in [5, 5.41) is 10.0. The van der Waals surface area contributed by atoms with Crippen LogP contribution >= 0.6 is 22.6 Å². The summed E-state index contributed by atoms with van der Waals surface area (Å²) in [5.74, 6) is -0.617.